The smallest absolute Gasteiger partial charge is 0.463 e. The maximum absolute atomic E-state index is 12.1. The summed E-state index contributed by atoms with van der Waals surface area (Å²) in [5.41, 5.74) is 0. The van der Waals surface area contributed by atoms with E-state index in [1.54, 1.807) is 0 Å². The maximum atomic E-state index is 12.1. The summed E-state index contributed by atoms with van der Waals surface area (Å²) in [5.74, 6) is -0.521. The number of carbonyl (C=O) groups is 2. The molecule has 0 aromatic heterocycles. The second kappa shape index (κ2) is 44.8. The van der Waals surface area contributed by atoms with E-state index in [0.29, 0.717) is 6.42 Å². The number of ether oxygens (including phenoxy) is 1. The summed E-state index contributed by atoms with van der Waals surface area (Å²) in [6.07, 6.45) is 50.8. The first kappa shape index (κ1) is 56.2. The van der Waals surface area contributed by atoms with Gasteiger partial charge in [-0.15, -0.1) is 0 Å². The number of allylic oxidation sites excluding steroid dienone is 6. The number of esters is 1. The van der Waals surface area contributed by atoms with Crippen molar-refractivity contribution < 1.29 is 37.9 Å². The first-order valence-corrected chi connectivity index (χ1v) is 25.5. The molecule has 0 aliphatic rings. The van der Waals surface area contributed by atoms with Crippen LogP contribution < -0.4 is 5.32 Å². The zero-order chi connectivity index (χ0) is 42.5. The van der Waals surface area contributed by atoms with Crippen LogP contribution in [0.4, 0.5) is 0 Å². The van der Waals surface area contributed by atoms with Crippen LogP contribution in [0.3, 0.4) is 0 Å². The highest BCUT2D eigenvalue weighted by molar-refractivity contribution is 7.47. The van der Waals surface area contributed by atoms with Crippen LogP contribution in [-0.4, -0.2) is 54.3 Å². The Balaban J connectivity index is 3.55. The van der Waals surface area contributed by atoms with Gasteiger partial charge in [0.15, 0.2) is 0 Å². The Kier molecular flexibility index (Phi) is 43.4. The molecule has 0 heterocycles. The SMILES string of the molecule is CCCCC/C=C\C/C=C\CCCCCCCCCCCCCCCC(=O)NCCOP(=O)(O)OCC(O)COC(=O)CCCCCCC/C=C\CCCCCCC. The highest BCUT2D eigenvalue weighted by Crippen LogP contribution is 2.42. The summed E-state index contributed by atoms with van der Waals surface area (Å²) in [4.78, 5) is 34.0. The minimum absolute atomic E-state index is 0.0813. The largest absolute Gasteiger partial charge is 0.472 e. The lowest BCUT2D eigenvalue weighted by Gasteiger charge is -2.15. The average molecular weight is 840 g/mol. The van der Waals surface area contributed by atoms with Gasteiger partial charge in [0, 0.05) is 19.4 Å². The number of aliphatic hydroxyl groups is 1. The fourth-order valence-electron chi connectivity index (χ4n) is 6.64. The fraction of sp³-hybridized carbons (Fsp3) is 0.833. The highest BCUT2D eigenvalue weighted by Gasteiger charge is 2.23. The molecule has 0 radical (unpaired) electrons. The Morgan fingerprint density at radius 3 is 1.43 bits per heavy atom. The fourth-order valence-corrected chi connectivity index (χ4v) is 7.40. The van der Waals surface area contributed by atoms with Gasteiger partial charge in [0.05, 0.1) is 13.2 Å². The monoisotopic (exact) mass is 840 g/mol. The van der Waals surface area contributed by atoms with Crippen molar-refractivity contribution in [3.63, 3.8) is 0 Å². The number of carbonyl (C=O) groups excluding carboxylic acids is 2. The summed E-state index contributed by atoms with van der Waals surface area (Å²) in [5, 5.41) is 12.7. The van der Waals surface area contributed by atoms with E-state index in [2.05, 4.69) is 55.6 Å². The van der Waals surface area contributed by atoms with Crippen molar-refractivity contribution in [2.24, 2.45) is 0 Å². The summed E-state index contributed by atoms with van der Waals surface area (Å²) in [7, 11) is -4.42. The van der Waals surface area contributed by atoms with E-state index in [4.69, 9.17) is 13.8 Å². The molecule has 2 unspecified atom stereocenters. The van der Waals surface area contributed by atoms with Gasteiger partial charge in [-0.25, -0.2) is 4.57 Å². The van der Waals surface area contributed by atoms with Crippen LogP contribution in [0.2, 0.25) is 0 Å². The Morgan fingerprint density at radius 1 is 0.534 bits per heavy atom. The predicted octanol–water partition coefficient (Wildman–Crippen LogP) is 13.7. The first-order valence-electron chi connectivity index (χ1n) is 24.0. The molecule has 0 aromatic rings. The number of aliphatic hydroxyl groups excluding tert-OH is 1. The van der Waals surface area contributed by atoms with Gasteiger partial charge in [-0.05, 0) is 70.6 Å². The van der Waals surface area contributed by atoms with Crippen molar-refractivity contribution >= 4 is 19.7 Å². The number of hydrogen-bond donors (Lipinski definition) is 3. The van der Waals surface area contributed by atoms with E-state index < -0.39 is 26.5 Å². The molecular formula is C48H90NO8P. The number of hydrogen-bond acceptors (Lipinski definition) is 7. The molecule has 0 bridgehead atoms. The Hall–Kier alpha value is -1.77. The van der Waals surface area contributed by atoms with Crippen LogP contribution >= 0.6 is 7.82 Å². The van der Waals surface area contributed by atoms with Crippen LogP contribution in [0.1, 0.15) is 226 Å². The summed E-state index contributed by atoms with van der Waals surface area (Å²) >= 11 is 0. The minimum atomic E-state index is -4.42. The van der Waals surface area contributed by atoms with Crippen molar-refractivity contribution in [3.05, 3.63) is 36.5 Å². The maximum Gasteiger partial charge on any atom is 0.472 e. The molecule has 0 aliphatic heterocycles. The van der Waals surface area contributed by atoms with E-state index in [-0.39, 0.29) is 32.1 Å². The van der Waals surface area contributed by atoms with Gasteiger partial charge in [0.1, 0.15) is 12.7 Å². The molecule has 0 aliphatic carbocycles. The number of unbranched alkanes of at least 4 members (excludes halogenated alkanes) is 26. The molecule has 2 atom stereocenters. The van der Waals surface area contributed by atoms with Gasteiger partial charge in [0.25, 0.3) is 0 Å². The molecule has 0 saturated carbocycles. The van der Waals surface area contributed by atoms with Gasteiger partial charge in [-0.2, -0.15) is 0 Å². The lowest BCUT2D eigenvalue weighted by molar-refractivity contribution is -0.147. The van der Waals surface area contributed by atoms with Crippen molar-refractivity contribution in [1.82, 2.24) is 5.32 Å². The van der Waals surface area contributed by atoms with E-state index in [1.165, 1.54) is 135 Å². The molecule has 58 heavy (non-hydrogen) atoms. The average Bonchev–Trinajstić information content (AvgIpc) is 3.21. The normalized spacial score (nSPS) is 13.5. The molecule has 10 heteroatoms. The molecule has 9 nitrogen and oxygen atoms in total. The second-order valence-corrected chi connectivity index (χ2v) is 17.5. The Labute approximate surface area is 356 Å². The van der Waals surface area contributed by atoms with Crippen LogP contribution in [0, 0.1) is 0 Å². The van der Waals surface area contributed by atoms with E-state index in [1.807, 2.05) is 0 Å². The zero-order valence-corrected chi connectivity index (χ0v) is 38.4. The Morgan fingerprint density at radius 2 is 0.931 bits per heavy atom. The molecular weight excluding hydrogens is 750 g/mol. The highest BCUT2D eigenvalue weighted by atomic mass is 31.2. The van der Waals surface area contributed by atoms with E-state index in [9.17, 15) is 24.2 Å². The van der Waals surface area contributed by atoms with Crippen molar-refractivity contribution in [2.45, 2.75) is 232 Å². The lowest BCUT2D eigenvalue weighted by Crippen LogP contribution is -2.27. The molecule has 0 fully saturated rings. The number of nitrogens with one attached hydrogen (secondary N) is 1. The molecule has 0 saturated heterocycles. The standard InChI is InChI=1S/C48H90NO8P/c1-3-5-7-9-11-13-15-17-19-20-21-22-23-24-25-26-27-28-30-32-34-36-38-40-47(51)49-42-43-56-58(53,54)57-45-46(50)44-55-48(52)41-39-37-35-33-31-29-18-16-14-12-10-8-6-4-2/h11,13,16-19,46,50H,3-10,12,14-15,20-45H2,1-2H3,(H,49,51)(H,53,54)/b13-11-,18-16-,19-17-. The molecule has 1 amide bonds. The molecule has 0 rings (SSSR count). The first-order chi connectivity index (χ1) is 28.3. The number of rotatable bonds is 45. The summed E-state index contributed by atoms with van der Waals surface area (Å²) in [6.45, 7) is 3.53. The van der Waals surface area contributed by atoms with Gasteiger partial charge in [-0.3, -0.25) is 18.6 Å². The van der Waals surface area contributed by atoms with Crippen molar-refractivity contribution in [1.29, 1.82) is 0 Å². The van der Waals surface area contributed by atoms with Gasteiger partial charge < -0.3 is 20.1 Å². The number of amides is 1. The van der Waals surface area contributed by atoms with Gasteiger partial charge >= 0.3 is 13.8 Å². The van der Waals surface area contributed by atoms with E-state index in [0.717, 1.165) is 64.2 Å². The third-order valence-corrected chi connectivity index (χ3v) is 11.3. The van der Waals surface area contributed by atoms with Gasteiger partial charge in [-0.1, -0.05) is 179 Å². The summed E-state index contributed by atoms with van der Waals surface area (Å²) in [6, 6.07) is 0. The van der Waals surface area contributed by atoms with Crippen LogP contribution in [0.15, 0.2) is 36.5 Å². The molecule has 340 valence electrons. The lowest BCUT2D eigenvalue weighted by atomic mass is 10.0. The molecule has 0 aromatic carbocycles. The zero-order valence-electron chi connectivity index (χ0n) is 37.5. The number of phosphoric acid groups is 1. The number of phosphoric ester groups is 1. The van der Waals surface area contributed by atoms with Crippen LogP contribution in [0.5, 0.6) is 0 Å². The quantitative estimate of drug-likeness (QED) is 0.0239. The predicted molar refractivity (Wildman–Crippen MR) is 243 cm³/mol. The van der Waals surface area contributed by atoms with E-state index >= 15 is 0 Å². The van der Waals surface area contributed by atoms with Crippen LogP contribution in [-0.2, 0) is 27.9 Å². The van der Waals surface area contributed by atoms with Crippen molar-refractivity contribution in [3.8, 4) is 0 Å². The topological polar surface area (TPSA) is 131 Å². The third-order valence-electron chi connectivity index (χ3n) is 10.3. The second-order valence-electron chi connectivity index (χ2n) is 16.1. The molecule has 3 N–H and O–H groups in total. The third kappa shape index (κ3) is 45.3. The van der Waals surface area contributed by atoms with Gasteiger partial charge in [0.2, 0.25) is 5.91 Å². The molecule has 0 spiro atoms. The summed E-state index contributed by atoms with van der Waals surface area (Å²) < 4.78 is 26.9. The van der Waals surface area contributed by atoms with Crippen LogP contribution in [0.25, 0.3) is 0 Å². The van der Waals surface area contributed by atoms with Crippen molar-refractivity contribution in [2.75, 3.05) is 26.4 Å². The minimum Gasteiger partial charge on any atom is -0.463 e. The Bertz CT molecular complexity index is 1050.